The van der Waals surface area contributed by atoms with Crippen LogP contribution in [0.15, 0.2) is 88.2 Å². The number of nitrogens with zero attached hydrogens (tertiary/aromatic N) is 1. The summed E-state index contributed by atoms with van der Waals surface area (Å²) in [7, 11) is -3.86. The lowest BCUT2D eigenvalue weighted by Crippen LogP contribution is -2.37. The Balaban J connectivity index is 1.85. The lowest BCUT2D eigenvalue weighted by molar-refractivity contribution is -0.116. The van der Waals surface area contributed by atoms with Gasteiger partial charge in [0.05, 0.1) is 11.4 Å². The second kappa shape index (κ2) is 9.35. The van der Waals surface area contributed by atoms with Crippen molar-refractivity contribution >= 4 is 37.5 Å². The van der Waals surface area contributed by atoms with Crippen molar-refractivity contribution in [1.29, 1.82) is 0 Å². The summed E-state index contributed by atoms with van der Waals surface area (Å²) in [5, 5.41) is 2.77. The first-order valence-electron chi connectivity index (χ1n) is 9.01. The van der Waals surface area contributed by atoms with Crippen molar-refractivity contribution in [2.75, 3.05) is 11.9 Å². The van der Waals surface area contributed by atoms with Gasteiger partial charge in [-0.15, -0.1) is 0 Å². The van der Waals surface area contributed by atoms with Crippen LogP contribution in [0.3, 0.4) is 0 Å². The Morgan fingerprint density at radius 1 is 0.931 bits per heavy atom. The summed E-state index contributed by atoms with van der Waals surface area (Å²) in [5.74, 6) is -0.398. The zero-order valence-electron chi connectivity index (χ0n) is 15.9. The Morgan fingerprint density at radius 2 is 1.55 bits per heavy atom. The minimum absolute atomic E-state index is 0.0978. The van der Waals surface area contributed by atoms with E-state index in [0.29, 0.717) is 5.69 Å². The molecule has 7 heteroatoms. The van der Waals surface area contributed by atoms with E-state index in [1.54, 1.807) is 24.3 Å². The zero-order valence-corrected chi connectivity index (χ0v) is 18.3. The van der Waals surface area contributed by atoms with Gasteiger partial charge in [-0.05, 0) is 48.9 Å². The highest BCUT2D eigenvalue weighted by molar-refractivity contribution is 9.10. The Labute approximate surface area is 179 Å². The number of rotatable bonds is 7. The van der Waals surface area contributed by atoms with Gasteiger partial charge in [0.2, 0.25) is 15.9 Å². The van der Waals surface area contributed by atoms with Crippen molar-refractivity contribution in [2.45, 2.75) is 18.4 Å². The first kappa shape index (κ1) is 21.2. The number of benzene rings is 3. The second-order valence-corrected chi connectivity index (χ2v) is 9.48. The van der Waals surface area contributed by atoms with Gasteiger partial charge in [0.25, 0.3) is 0 Å². The SMILES string of the molecule is Cc1ccc(NC(=O)CN(Cc2ccccc2)S(=O)(=O)c2ccc(Br)cc2)cc1. The van der Waals surface area contributed by atoms with Gasteiger partial charge in [0, 0.05) is 16.7 Å². The fourth-order valence-electron chi connectivity index (χ4n) is 2.77. The van der Waals surface area contributed by atoms with Crippen molar-refractivity contribution in [1.82, 2.24) is 4.31 Å². The first-order chi connectivity index (χ1) is 13.8. The summed E-state index contributed by atoms with van der Waals surface area (Å²) >= 11 is 3.31. The number of carbonyl (C=O) groups is 1. The summed E-state index contributed by atoms with van der Waals surface area (Å²) in [5.41, 5.74) is 2.50. The molecule has 1 amide bonds. The Hall–Kier alpha value is -2.48. The number of sulfonamides is 1. The highest BCUT2D eigenvalue weighted by atomic mass is 79.9. The Morgan fingerprint density at radius 3 is 2.17 bits per heavy atom. The topological polar surface area (TPSA) is 66.5 Å². The Bertz CT molecular complexity index is 1070. The second-order valence-electron chi connectivity index (χ2n) is 6.63. The maximum absolute atomic E-state index is 13.2. The molecular formula is C22H21BrN2O3S. The van der Waals surface area contributed by atoms with Crippen LogP contribution in [-0.4, -0.2) is 25.2 Å². The smallest absolute Gasteiger partial charge is 0.243 e. The summed E-state index contributed by atoms with van der Waals surface area (Å²) < 4.78 is 28.4. The molecule has 0 radical (unpaired) electrons. The van der Waals surface area contributed by atoms with Crippen LogP contribution in [0.5, 0.6) is 0 Å². The van der Waals surface area contributed by atoms with E-state index in [-0.39, 0.29) is 18.0 Å². The number of nitrogens with one attached hydrogen (secondary N) is 1. The molecule has 0 atom stereocenters. The number of amides is 1. The van der Waals surface area contributed by atoms with Crippen LogP contribution in [0.1, 0.15) is 11.1 Å². The molecule has 150 valence electrons. The molecule has 0 aliphatic heterocycles. The molecule has 29 heavy (non-hydrogen) atoms. The van der Waals surface area contributed by atoms with Crippen LogP contribution < -0.4 is 5.32 Å². The molecule has 0 heterocycles. The summed E-state index contributed by atoms with van der Waals surface area (Å²) in [4.78, 5) is 12.7. The molecule has 0 aliphatic carbocycles. The molecule has 0 unspecified atom stereocenters. The van der Waals surface area contributed by atoms with E-state index in [9.17, 15) is 13.2 Å². The number of halogens is 1. The van der Waals surface area contributed by atoms with Crippen molar-refractivity contribution in [3.63, 3.8) is 0 Å². The van der Waals surface area contributed by atoms with Crippen LogP contribution in [0.2, 0.25) is 0 Å². The zero-order chi connectivity index (χ0) is 20.9. The standard InChI is InChI=1S/C22H21BrN2O3S/c1-17-7-11-20(12-8-17)24-22(26)16-25(15-18-5-3-2-4-6-18)29(27,28)21-13-9-19(23)10-14-21/h2-14H,15-16H2,1H3,(H,24,26). The molecule has 0 saturated heterocycles. The van der Waals surface area contributed by atoms with E-state index in [1.165, 1.54) is 16.4 Å². The summed E-state index contributed by atoms with van der Waals surface area (Å²) in [6.45, 7) is 1.76. The van der Waals surface area contributed by atoms with Gasteiger partial charge in [-0.25, -0.2) is 8.42 Å². The van der Waals surface area contributed by atoms with Crippen LogP contribution in [-0.2, 0) is 21.4 Å². The third kappa shape index (κ3) is 5.76. The average molecular weight is 473 g/mol. The minimum Gasteiger partial charge on any atom is -0.325 e. The summed E-state index contributed by atoms with van der Waals surface area (Å²) in [6, 6.07) is 22.9. The van der Waals surface area contributed by atoms with Gasteiger partial charge in [-0.3, -0.25) is 4.79 Å². The molecule has 0 saturated carbocycles. The average Bonchev–Trinajstić information content (AvgIpc) is 2.70. The molecular weight excluding hydrogens is 452 g/mol. The molecule has 0 bridgehead atoms. The molecule has 0 aromatic heterocycles. The van der Waals surface area contributed by atoms with E-state index >= 15 is 0 Å². The Kier molecular flexibility index (Phi) is 6.84. The van der Waals surface area contributed by atoms with Crippen LogP contribution in [0.25, 0.3) is 0 Å². The normalized spacial score (nSPS) is 11.4. The molecule has 0 fully saturated rings. The molecule has 1 N–H and O–H groups in total. The van der Waals surface area contributed by atoms with E-state index in [1.807, 2.05) is 49.4 Å². The number of aryl methyl sites for hydroxylation is 1. The molecule has 0 aliphatic rings. The monoisotopic (exact) mass is 472 g/mol. The number of anilines is 1. The quantitative estimate of drug-likeness (QED) is 0.546. The van der Waals surface area contributed by atoms with Crippen LogP contribution >= 0.6 is 15.9 Å². The van der Waals surface area contributed by atoms with Gasteiger partial charge in [0.1, 0.15) is 0 Å². The van der Waals surface area contributed by atoms with E-state index in [0.717, 1.165) is 15.6 Å². The maximum Gasteiger partial charge on any atom is 0.243 e. The van der Waals surface area contributed by atoms with E-state index in [2.05, 4.69) is 21.2 Å². The maximum atomic E-state index is 13.2. The number of carbonyl (C=O) groups excluding carboxylic acids is 1. The van der Waals surface area contributed by atoms with Crippen LogP contribution in [0, 0.1) is 6.92 Å². The molecule has 3 aromatic rings. The molecule has 5 nitrogen and oxygen atoms in total. The van der Waals surface area contributed by atoms with Gasteiger partial charge in [-0.1, -0.05) is 64.0 Å². The van der Waals surface area contributed by atoms with Crippen molar-refractivity contribution < 1.29 is 13.2 Å². The van der Waals surface area contributed by atoms with Gasteiger partial charge < -0.3 is 5.32 Å². The fraction of sp³-hybridized carbons (Fsp3) is 0.136. The third-order valence-corrected chi connectivity index (χ3v) is 6.64. The first-order valence-corrected chi connectivity index (χ1v) is 11.2. The largest absolute Gasteiger partial charge is 0.325 e. The summed E-state index contributed by atoms with van der Waals surface area (Å²) in [6.07, 6.45) is 0. The lowest BCUT2D eigenvalue weighted by atomic mass is 10.2. The van der Waals surface area contributed by atoms with Crippen molar-refractivity contribution in [3.8, 4) is 0 Å². The predicted molar refractivity (Wildman–Crippen MR) is 118 cm³/mol. The number of hydrogen-bond acceptors (Lipinski definition) is 3. The number of hydrogen-bond donors (Lipinski definition) is 1. The van der Waals surface area contributed by atoms with Crippen molar-refractivity contribution in [3.05, 3.63) is 94.5 Å². The molecule has 3 aromatic carbocycles. The predicted octanol–water partition coefficient (Wildman–Crippen LogP) is 4.59. The van der Waals surface area contributed by atoms with Gasteiger partial charge in [0.15, 0.2) is 0 Å². The van der Waals surface area contributed by atoms with Crippen LogP contribution in [0.4, 0.5) is 5.69 Å². The fourth-order valence-corrected chi connectivity index (χ4v) is 4.41. The van der Waals surface area contributed by atoms with Crippen molar-refractivity contribution in [2.24, 2.45) is 0 Å². The molecule has 3 rings (SSSR count). The van der Waals surface area contributed by atoms with Gasteiger partial charge >= 0.3 is 0 Å². The molecule has 0 spiro atoms. The highest BCUT2D eigenvalue weighted by Gasteiger charge is 2.27. The third-order valence-electron chi connectivity index (χ3n) is 4.31. The lowest BCUT2D eigenvalue weighted by Gasteiger charge is -2.22. The highest BCUT2D eigenvalue weighted by Crippen LogP contribution is 2.21. The van der Waals surface area contributed by atoms with E-state index in [4.69, 9.17) is 0 Å². The van der Waals surface area contributed by atoms with Gasteiger partial charge in [-0.2, -0.15) is 4.31 Å². The minimum atomic E-state index is -3.86. The van der Waals surface area contributed by atoms with E-state index < -0.39 is 15.9 Å².